The van der Waals surface area contributed by atoms with E-state index >= 15 is 0 Å². The van der Waals surface area contributed by atoms with Crippen molar-refractivity contribution >= 4 is 9.84 Å². The Bertz CT molecular complexity index is 430. The lowest BCUT2D eigenvalue weighted by Gasteiger charge is -2.45. The van der Waals surface area contributed by atoms with Crippen LogP contribution in [0, 0.1) is 11.3 Å². The third-order valence-corrected chi connectivity index (χ3v) is 8.32. The molecule has 4 unspecified atom stereocenters. The standard InChI is InChI=1S/C16H31NO2S/c1-12-7-5-8-13(11-12)20(18,19)14-9-6-10-16(2,3)15(14)17-4/h12-15,17H,5-11H2,1-4H3. The summed E-state index contributed by atoms with van der Waals surface area (Å²) in [6.45, 7) is 6.61. The Kier molecular flexibility index (Phi) is 4.85. The highest BCUT2D eigenvalue weighted by molar-refractivity contribution is 7.92. The van der Waals surface area contributed by atoms with Gasteiger partial charge in [-0.25, -0.2) is 8.42 Å². The minimum Gasteiger partial charge on any atom is -0.315 e. The summed E-state index contributed by atoms with van der Waals surface area (Å²) in [5, 5.41) is 3.04. The van der Waals surface area contributed by atoms with Crippen molar-refractivity contribution in [1.29, 1.82) is 0 Å². The predicted molar refractivity (Wildman–Crippen MR) is 84.6 cm³/mol. The summed E-state index contributed by atoms with van der Waals surface area (Å²) in [6, 6.07) is 0.0958. The van der Waals surface area contributed by atoms with Gasteiger partial charge >= 0.3 is 0 Å². The Hall–Kier alpha value is -0.0900. The van der Waals surface area contributed by atoms with Crippen LogP contribution in [0.25, 0.3) is 0 Å². The molecule has 20 heavy (non-hydrogen) atoms. The molecule has 0 bridgehead atoms. The first kappa shape index (κ1) is 16.3. The molecule has 0 aliphatic heterocycles. The van der Waals surface area contributed by atoms with Crippen LogP contribution in [0.3, 0.4) is 0 Å². The lowest BCUT2D eigenvalue weighted by Crippen LogP contribution is -2.56. The van der Waals surface area contributed by atoms with Crippen molar-refractivity contribution in [2.45, 2.75) is 82.3 Å². The summed E-state index contributed by atoms with van der Waals surface area (Å²) in [7, 11) is -1.09. The summed E-state index contributed by atoms with van der Waals surface area (Å²) >= 11 is 0. The average Bonchev–Trinajstić information content (AvgIpc) is 2.37. The van der Waals surface area contributed by atoms with Crippen molar-refractivity contribution in [2.24, 2.45) is 11.3 Å². The second-order valence-electron chi connectivity index (χ2n) is 7.67. The number of sulfone groups is 1. The second-order valence-corrected chi connectivity index (χ2v) is 10.1. The molecule has 2 aliphatic carbocycles. The van der Waals surface area contributed by atoms with Crippen LogP contribution < -0.4 is 5.32 Å². The molecule has 0 saturated heterocycles. The molecule has 0 aromatic rings. The van der Waals surface area contributed by atoms with Gasteiger partial charge in [-0.1, -0.05) is 40.0 Å². The Morgan fingerprint density at radius 1 is 1.10 bits per heavy atom. The Balaban J connectivity index is 2.23. The highest BCUT2D eigenvalue weighted by Crippen LogP contribution is 2.41. The topological polar surface area (TPSA) is 46.2 Å². The highest BCUT2D eigenvalue weighted by atomic mass is 32.2. The van der Waals surface area contributed by atoms with Crippen LogP contribution in [0.4, 0.5) is 0 Å². The van der Waals surface area contributed by atoms with E-state index < -0.39 is 9.84 Å². The largest absolute Gasteiger partial charge is 0.315 e. The molecule has 4 heteroatoms. The molecule has 2 saturated carbocycles. The summed E-state index contributed by atoms with van der Waals surface area (Å²) in [5.74, 6) is 0.563. The van der Waals surface area contributed by atoms with E-state index in [1.54, 1.807) is 0 Å². The van der Waals surface area contributed by atoms with Crippen LogP contribution in [0.1, 0.15) is 65.7 Å². The fourth-order valence-electron chi connectivity index (χ4n) is 4.44. The average molecular weight is 301 g/mol. The third-order valence-electron chi connectivity index (χ3n) is 5.61. The van der Waals surface area contributed by atoms with Gasteiger partial charge in [-0.3, -0.25) is 0 Å². The van der Waals surface area contributed by atoms with E-state index in [-0.39, 0.29) is 22.0 Å². The zero-order valence-electron chi connectivity index (χ0n) is 13.5. The molecule has 0 aromatic carbocycles. The fraction of sp³-hybridized carbons (Fsp3) is 1.00. The zero-order chi connectivity index (χ0) is 15.0. The monoisotopic (exact) mass is 301 g/mol. The molecule has 2 fully saturated rings. The van der Waals surface area contributed by atoms with Crippen LogP contribution in [0.15, 0.2) is 0 Å². The molecule has 0 aromatic heterocycles. The molecule has 118 valence electrons. The van der Waals surface area contributed by atoms with E-state index in [2.05, 4.69) is 26.1 Å². The molecule has 0 heterocycles. The first-order valence-corrected chi connectivity index (χ1v) is 9.80. The minimum absolute atomic E-state index is 0.0744. The molecular weight excluding hydrogens is 270 g/mol. The number of rotatable bonds is 3. The van der Waals surface area contributed by atoms with E-state index in [9.17, 15) is 8.42 Å². The SMILES string of the molecule is CNC1C(S(=O)(=O)C2CCCC(C)C2)CCCC1(C)C. The Morgan fingerprint density at radius 2 is 1.80 bits per heavy atom. The van der Waals surface area contributed by atoms with Gasteiger partial charge in [0, 0.05) is 6.04 Å². The molecule has 0 spiro atoms. The van der Waals surface area contributed by atoms with Crippen molar-refractivity contribution in [1.82, 2.24) is 5.32 Å². The van der Waals surface area contributed by atoms with Gasteiger partial charge in [0.15, 0.2) is 9.84 Å². The van der Waals surface area contributed by atoms with Crippen LogP contribution in [-0.2, 0) is 9.84 Å². The third kappa shape index (κ3) is 3.06. The highest BCUT2D eigenvalue weighted by Gasteiger charge is 2.47. The van der Waals surface area contributed by atoms with Crippen LogP contribution >= 0.6 is 0 Å². The maximum atomic E-state index is 13.1. The van der Waals surface area contributed by atoms with Crippen molar-refractivity contribution in [2.75, 3.05) is 7.05 Å². The normalized spacial score (nSPS) is 38.6. The van der Waals surface area contributed by atoms with Crippen LogP contribution in [-0.4, -0.2) is 32.0 Å². The van der Waals surface area contributed by atoms with Gasteiger partial charge in [0.25, 0.3) is 0 Å². The van der Waals surface area contributed by atoms with E-state index in [0.717, 1.165) is 38.5 Å². The van der Waals surface area contributed by atoms with Gasteiger partial charge in [-0.05, 0) is 44.1 Å². The molecule has 0 amide bonds. The van der Waals surface area contributed by atoms with Crippen molar-refractivity contribution in [3.63, 3.8) is 0 Å². The lowest BCUT2D eigenvalue weighted by molar-refractivity contribution is 0.177. The fourth-order valence-corrected chi connectivity index (χ4v) is 7.40. The van der Waals surface area contributed by atoms with Crippen LogP contribution in [0.5, 0.6) is 0 Å². The van der Waals surface area contributed by atoms with Crippen molar-refractivity contribution in [3.05, 3.63) is 0 Å². The maximum absolute atomic E-state index is 13.1. The quantitative estimate of drug-likeness (QED) is 0.871. The van der Waals surface area contributed by atoms with Gasteiger partial charge in [0.05, 0.1) is 10.5 Å². The first-order valence-electron chi connectivity index (χ1n) is 8.19. The summed E-state index contributed by atoms with van der Waals surface area (Å²) in [6.07, 6.45) is 7.00. The van der Waals surface area contributed by atoms with Gasteiger partial charge in [0.1, 0.15) is 0 Å². The first-order chi connectivity index (χ1) is 9.29. The van der Waals surface area contributed by atoms with Crippen LogP contribution in [0.2, 0.25) is 0 Å². The van der Waals surface area contributed by atoms with E-state index in [4.69, 9.17) is 0 Å². The van der Waals surface area contributed by atoms with Crippen molar-refractivity contribution in [3.8, 4) is 0 Å². The van der Waals surface area contributed by atoms with Gasteiger partial charge < -0.3 is 5.32 Å². The van der Waals surface area contributed by atoms with Crippen molar-refractivity contribution < 1.29 is 8.42 Å². The minimum atomic E-state index is -3.01. The number of nitrogens with one attached hydrogen (secondary N) is 1. The smallest absolute Gasteiger partial charge is 0.157 e. The van der Waals surface area contributed by atoms with E-state index in [1.165, 1.54) is 6.42 Å². The summed E-state index contributed by atoms with van der Waals surface area (Å²) in [5.41, 5.74) is 0.0744. The molecular formula is C16H31NO2S. The molecule has 0 radical (unpaired) electrons. The van der Waals surface area contributed by atoms with Gasteiger partial charge in [-0.2, -0.15) is 0 Å². The zero-order valence-corrected chi connectivity index (χ0v) is 14.3. The lowest BCUT2D eigenvalue weighted by atomic mass is 9.73. The summed E-state index contributed by atoms with van der Waals surface area (Å²) in [4.78, 5) is 0. The molecule has 1 N–H and O–H groups in total. The van der Waals surface area contributed by atoms with Gasteiger partial charge in [-0.15, -0.1) is 0 Å². The Labute approximate surface area is 124 Å². The Morgan fingerprint density at radius 3 is 2.40 bits per heavy atom. The maximum Gasteiger partial charge on any atom is 0.157 e. The molecule has 2 aliphatic rings. The van der Waals surface area contributed by atoms with E-state index in [1.807, 2.05) is 7.05 Å². The van der Waals surface area contributed by atoms with Gasteiger partial charge in [0.2, 0.25) is 0 Å². The molecule has 2 rings (SSSR count). The van der Waals surface area contributed by atoms with E-state index in [0.29, 0.717) is 5.92 Å². The second kappa shape index (κ2) is 5.96. The molecule has 4 atom stereocenters. The number of hydrogen-bond donors (Lipinski definition) is 1. The number of hydrogen-bond acceptors (Lipinski definition) is 3. The predicted octanol–water partition coefficient (Wildman–Crippen LogP) is 3.15. The summed E-state index contributed by atoms with van der Waals surface area (Å²) < 4.78 is 26.2. The molecule has 3 nitrogen and oxygen atoms in total.